The van der Waals surface area contributed by atoms with Gasteiger partial charge in [-0.3, -0.25) is 4.79 Å². The zero-order chi connectivity index (χ0) is 15.2. The average Bonchev–Trinajstić information content (AvgIpc) is 2.76. The van der Waals surface area contributed by atoms with Gasteiger partial charge in [0.25, 0.3) is 0 Å². The maximum atomic E-state index is 12.4. The van der Waals surface area contributed by atoms with Gasteiger partial charge in [0.15, 0.2) is 0 Å². The molecule has 1 aromatic rings. The standard InChI is InChI=1S/C16H22N2O2S/c1-20-14-10-12(15(17)21)8-9-13(14)18-16(19)11-6-4-2-3-5-7-11/h8-11H,2-7H2,1H3,(H2,17,21)(H,18,19). The molecule has 114 valence electrons. The molecular formula is C16H22N2O2S. The molecule has 0 saturated heterocycles. The molecule has 3 N–H and O–H groups in total. The first-order chi connectivity index (χ1) is 10.1. The van der Waals surface area contributed by atoms with Gasteiger partial charge in [0.1, 0.15) is 10.7 Å². The largest absolute Gasteiger partial charge is 0.495 e. The van der Waals surface area contributed by atoms with Gasteiger partial charge in [0.05, 0.1) is 12.8 Å². The molecule has 4 nitrogen and oxygen atoms in total. The minimum Gasteiger partial charge on any atom is -0.495 e. The van der Waals surface area contributed by atoms with Crippen LogP contribution in [-0.2, 0) is 4.79 Å². The number of benzene rings is 1. The van der Waals surface area contributed by atoms with Crippen molar-refractivity contribution in [3.63, 3.8) is 0 Å². The molecule has 0 heterocycles. The Morgan fingerprint density at radius 2 is 1.95 bits per heavy atom. The Hall–Kier alpha value is -1.62. The number of hydrogen-bond acceptors (Lipinski definition) is 3. The predicted molar refractivity (Wildman–Crippen MR) is 88.7 cm³/mol. The van der Waals surface area contributed by atoms with E-state index < -0.39 is 0 Å². The molecule has 2 rings (SSSR count). The lowest BCUT2D eigenvalue weighted by Crippen LogP contribution is -2.22. The first kappa shape index (κ1) is 15.8. The Morgan fingerprint density at radius 1 is 1.29 bits per heavy atom. The third-order valence-electron chi connectivity index (χ3n) is 3.97. The van der Waals surface area contributed by atoms with E-state index in [-0.39, 0.29) is 11.8 Å². The van der Waals surface area contributed by atoms with Gasteiger partial charge < -0.3 is 15.8 Å². The second-order valence-electron chi connectivity index (χ2n) is 5.46. The van der Waals surface area contributed by atoms with Gasteiger partial charge in [-0.1, -0.05) is 37.9 Å². The van der Waals surface area contributed by atoms with E-state index in [1.54, 1.807) is 25.3 Å². The first-order valence-electron chi connectivity index (χ1n) is 7.40. The number of rotatable bonds is 4. The number of nitrogens with one attached hydrogen (secondary N) is 1. The Kier molecular flexibility index (Phi) is 5.56. The molecule has 0 unspecified atom stereocenters. The van der Waals surface area contributed by atoms with Gasteiger partial charge in [0.2, 0.25) is 5.91 Å². The molecule has 0 atom stereocenters. The van der Waals surface area contributed by atoms with Gasteiger partial charge in [-0.05, 0) is 31.0 Å². The second-order valence-corrected chi connectivity index (χ2v) is 5.90. The number of nitrogens with two attached hydrogens (primary N) is 1. The van der Waals surface area contributed by atoms with Crippen LogP contribution in [-0.4, -0.2) is 18.0 Å². The van der Waals surface area contributed by atoms with E-state index in [9.17, 15) is 4.79 Å². The molecule has 0 radical (unpaired) electrons. The molecule has 1 aromatic carbocycles. The molecule has 1 fully saturated rings. The molecule has 1 saturated carbocycles. The van der Waals surface area contributed by atoms with Crippen LogP contribution in [0.4, 0.5) is 5.69 Å². The normalized spacial score (nSPS) is 16.0. The van der Waals surface area contributed by atoms with Crippen molar-refractivity contribution in [2.45, 2.75) is 38.5 Å². The van der Waals surface area contributed by atoms with Crippen molar-refractivity contribution in [3.8, 4) is 5.75 Å². The highest BCUT2D eigenvalue weighted by molar-refractivity contribution is 7.80. The van der Waals surface area contributed by atoms with Crippen LogP contribution in [0.5, 0.6) is 5.75 Å². The molecular weight excluding hydrogens is 284 g/mol. The summed E-state index contributed by atoms with van der Waals surface area (Å²) in [5.74, 6) is 0.771. The summed E-state index contributed by atoms with van der Waals surface area (Å²) in [4.78, 5) is 12.7. The fraction of sp³-hybridized carbons (Fsp3) is 0.500. The molecule has 5 heteroatoms. The summed E-state index contributed by atoms with van der Waals surface area (Å²) in [6, 6.07) is 5.35. The molecule has 0 spiro atoms. The maximum Gasteiger partial charge on any atom is 0.227 e. The number of ether oxygens (including phenoxy) is 1. The molecule has 1 aliphatic rings. The third-order valence-corrected chi connectivity index (χ3v) is 4.21. The Morgan fingerprint density at radius 3 is 2.52 bits per heavy atom. The summed E-state index contributed by atoms with van der Waals surface area (Å²) in [7, 11) is 1.57. The number of carbonyl (C=O) groups excluding carboxylic acids is 1. The molecule has 0 aliphatic heterocycles. The summed E-state index contributed by atoms with van der Waals surface area (Å²) in [5, 5.41) is 2.98. The van der Waals surface area contributed by atoms with Crippen molar-refractivity contribution in [1.82, 2.24) is 0 Å². The molecule has 21 heavy (non-hydrogen) atoms. The highest BCUT2D eigenvalue weighted by atomic mass is 32.1. The fourth-order valence-electron chi connectivity index (χ4n) is 2.72. The molecule has 0 bridgehead atoms. The van der Waals surface area contributed by atoms with Crippen molar-refractivity contribution in [3.05, 3.63) is 23.8 Å². The van der Waals surface area contributed by atoms with Crippen molar-refractivity contribution < 1.29 is 9.53 Å². The van der Waals surface area contributed by atoms with Crippen LogP contribution in [0.25, 0.3) is 0 Å². The maximum absolute atomic E-state index is 12.4. The van der Waals surface area contributed by atoms with Crippen LogP contribution in [0, 0.1) is 5.92 Å². The average molecular weight is 306 g/mol. The zero-order valence-corrected chi connectivity index (χ0v) is 13.2. The fourth-order valence-corrected chi connectivity index (χ4v) is 2.85. The molecule has 1 amide bonds. The van der Waals surface area contributed by atoms with E-state index in [1.807, 2.05) is 0 Å². The second kappa shape index (κ2) is 7.41. The number of methoxy groups -OCH3 is 1. The van der Waals surface area contributed by atoms with Crippen molar-refractivity contribution >= 4 is 28.8 Å². The van der Waals surface area contributed by atoms with Crippen LogP contribution >= 0.6 is 12.2 Å². The van der Waals surface area contributed by atoms with Crippen molar-refractivity contribution in [2.24, 2.45) is 11.7 Å². The lowest BCUT2D eigenvalue weighted by Gasteiger charge is -2.16. The highest BCUT2D eigenvalue weighted by Gasteiger charge is 2.21. The molecule has 1 aliphatic carbocycles. The number of hydrogen-bond donors (Lipinski definition) is 2. The van der Waals surface area contributed by atoms with Crippen LogP contribution in [0.3, 0.4) is 0 Å². The van der Waals surface area contributed by atoms with Gasteiger partial charge >= 0.3 is 0 Å². The predicted octanol–water partition coefficient (Wildman–Crippen LogP) is 3.24. The van der Waals surface area contributed by atoms with Gasteiger partial charge in [-0.25, -0.2) is 0 Å². The van der Waals surface area contributed by atoms with Gasteiger partial charge in [-0.2, -0.15) is 0 Å². The topological polar surface area (TPSA) is 64.3 Å². The van der Waals surface area contributed by atoms with E-state index in [0.717, 1.165) is 31.2 Å². The quantitative estimate of drug-likeness (QED) is 0.662. The third kappa shape index (κ3) is 4.17. The highest BCUT2D eigenvalue weighted by Crippen LogP contribution is 2.28. The van der Waals surface area contributed by atoms with E-state index in [1.165, 1.54) is 12.8 Å². The lowest BCUT2D eigenvalue weighted by molar-refractivity contribution is -0.120. The Labute approximate surface area is 131 Å². The zero-order valence-electron chi connectivity index (χ0n) is 12.4. The monoisotopic (exact) mass is 306 g/mol. The Balaban J connectivity index is 2.10. The summed E-state index contributed by atoms with van der Waals surface area (Å²) in [5.41, 5.74) is 7.02. The van der Waals surface area contributed by atoms with E-state index in [2.05, 4.69) is 5.32 Å². The molecule has 0 aromatic heterocycles. The van der Waals surface area contributed by atoms with Crippen molar-refractivity contribution in [2.75, 3.05) is 12.4 Å². The minimum absolute atomic E-state index is 0.0817. The van der Waals surface area contributed by atoms with E-state index in [4.69, 9.17) is 22.7 Å². The van der Waals surface area contributed by atoms with E-state index >= 15 is 0 Å². The van der Waals surface area contributed by atoms with E-state index in [0.29, 0.717) is 16.4 Å². The smallest absolute Gasteiger partial charge is 0.227 e. The Bertz CT molecular complexity index is 523. The van der Waals surface area contributed by atoms with Gasteiger partial charge in [0, 0.05) is 11.5 Å². The van der Waals surface area contributed by atoms with Crippen LogP contribution in [0.15, 0.2) is 18.2 Å². The van der Waals surface area contributed by atoms with Crippen LogP contribution < -0.4 is 15.8 Å². The summed E-state index contributed by atoms with van der Waals surface area (Å²) >= 11 is 4.95. The number of amides is 1. The first-order valence-corrected chi connectivity index (χ1v) is 7.81. The summed E-state index contributed by atoms with van der Waals surface area (Å²) in [6.45, 7) is 0. The number of anilines is 1. The summed E-state index contributed by atoms with van der Waals surface area (Å²) in [6.07, 6.45) is 6.68. The van der Waals surface area contributed by atoms with Gasteiger partial charge in [-0.15, -0.1) is 0 Å². The lowest BCUT2D eigenvalue weighted by atomic mass is 9.99. The number of carbonyl (C=O) groups is 1. The SMILES string of the molecule is COc1cc(C(N)=S)ccc1NC(=O)C1CCCCCC1. The minimum atomic E-state index is 0.0817. The van der Waals surface area contributed by atoms with Crippen molar-refractivity contribution in [1.29, 1.82) is 0 Å². The van der Waals surface area contributed by atoms with Crippen LogP contribution in [0.1, 0.15) is 44.1 Å². The van der Waals surface area contributed by atoms with Crippen LogP contribution in [0.2, 0.25) is 0 Å². The summed E-state index contributed by atoms with van der Waals surface area (Å²) < 4.78 is 5.32. The number of thiocarbonyl (C=S) groups is 1.